The van der Waals surface area contributed by atoms with Crippen LogP contribution in [0.3, 0.4) is 0 Å². The molecule has 0 radical (unpaired) electrons. The van der Waals surface area contributed by atoms with Gasteiger partial charge in [-0.25, -0.2) is 4.98 Å². The highest BCUT2D eigenvalue weighted by Crippen LogP contribution is 2.24. The largest absolute Gasteiger partial charge is 0.493 e. The van der Waals surface area contributed by atoms with E-state index >= 15 is 0 Å². The minimum atomic E-state index is -0.309. The summed E-state index contributed by atoms with van der Waals surface area (Å²) in [6, 6.07) is 9.38. The number of aromatic nitrogens is 3. The average molecular weight is 449 g/mol. The molecule has 1 amide bonds. The Kier molecular flexibility index (Phi) is 6.35. The van der Waals surface area contributed by atoms with Crippen molar-refractivity contribution < 1.29 is 13.9 Å². The normalized spacial score (nSPS) is 11.3. The molecule has 8 heteroatoms. The van der Waals surface area contributed by atoms with Gasteiger partial charge < -0.3 is 19.5 Å². The van der Waals surface area contributed by atoms with Crippen LogP contribution in [0.2, 0.25) is 0 Å². The summed E-state index contributed by atoms with van der Waals surface area (Å²) in [6.07, 6.45) is 3.86. The fourth-order valence-electron chi connectivity index (χ4n) is 3.90. The predicted octanol–water partition coefficient (Wildman–Crippen LogP) is 3.97. The van der Waals surface area contributed by atoms with Crippen LogP contribution in [0.15, 0.2) is 52.1 Å². The number of nitrogens with zero attached hydrogens (tertiary/aromatic N) is 2. The lowest BCUT2D eigenvalue weighted by Crippen LogP contribution is -2.29. The zero-order valence-electron chi connectivity index (χ0n) is 19.3. The molecule has 0 aromatic carbocycles. The molecule has 33 heavy (non-hydrogen) atoms. The minimum Gasteiger partial charge on any atom is -0.493 e. The number of hydrogen-bond acceptors (Lipinski definition) is 5. The lowest BCUT2D eigenvalue weighted by atomic mass is 10.1. The number of carbonyl (C=O) groups is 1. The number of ether oxygens (including phenoxy) is 1. The Hall–Kier alpha value is -3.81. The molecule has 0 spiro atoms. The summed E-state index contributed by atoms with van der Waals surface area (Å²) in [7, 11) is 0. The summed E-state index contributed by atoms with van der Waals surface area (Å²) in [4.78, 5) is 33.1. The van der Waals surface area contributed by atoms with Gasteiger partial charge in [0.25, 0.3) is 11.5 Å². The van der Waals surface area contributed by atoms with Gasteiger partial charge in [-0.05, 0) is 55.7 Å². The monoisotopic (exact) mass is 448 g/mol. The number of furan rings is 1. The fraction of sp³-hybridized carbons (Fsp3) is 0.320. The van der Waals surface area contributed by atoms with E-state index in [1.807, 2.05) is 31.2 Å². The predicted molar refractivity (Wildman–Crippen MR) is 125 cm³/mol. The zero-order valence-corrected chi connectivity index (χ0v) is 19.3. The summed E-state index contributed by atoms with van der Waals surface area (Å²) in [6.45, 7) is 8.25. The van der Waals surface area contributed by atoms with Gasteiger partial charge in [-0.15, -0.1) is 0 Å². The Morgan fingerprint density at radius 2 is 2.12 bits per heavy atom. The van der Waals surface area contributed by atoms with Gasteiger partial charge in [0, 0.05) is 12.1 Å². The maximum absolute atomic E-state index is 13.3. The Morgan fingerprint density at radius 3 is 2.82 bits per heavy atom. The summed E-state index contributed by atoms with van der Waals surface area (Å²) in [5, 5.41) is 2.88. The van der Waals surface area contributed by atoms with E-state index in [0.29, 0.717) is 35.7 Å². The Balaban J connectivity index is 1.68. The van der Waals surface area contributed by atoms with E-state index in [4.69, 9.17) is 9.15 Å². The number of fused-ring (bicyclic) bond motifs is 1. The number of rotatable bonds is 8. The first kappa shape index (κ1) is 22.4. The van der Waals surface area contributed by atoms with Gasteiger partial charge in [-0.1, -0.05) is 13.8 Å². The molecular weight excluding hydrogens is 420 g/mol. The van der Waals surface area contributed by atoms with Gasteiger partial charge in [-0.2, -0.15) is 0 Å². The van der Waals surface area contributed by atoms with E-state index in [-0.39, 0.29) is 23.9 Å². The molecule has 0 atom stereocenters. The van der Waals surface area contributed by atoms with Crippen LogP contribution in [0, 0.1) is 6.92 Å². The van der Waals surface area contributed by atoms with Crippen molar-refractivity contribution >= 4 is 11.4 Å². The number of pyridine rings is 2. The summed E-state index contributed by atoms with van der Waals surface area (Å²) < 4.78 is 12.9. The maximum Gasteiger partial charge on any atom is 0.268 e. The lowest BCUT2D eigenvalue weighted by molar-refractivity contribution is 0.0944. The van der Waals surface area contributed by atoms with Crippen LogP contribution in [-0.2, 0) is 13.0 Å². The molecule has 0 saturated carbocycles. The smallest absolute Gasteiger partial charge is 0.268 e. The van der Waals surface area contributed by atoms with Crippen LogP contribution in [0.1, 0.15) is 65.5 Å². The number of aromatic amines is 1. The topological polar surface area (TPSA) is 102 Å². The van der Waals surface area contributed by atoms with Crippen molar-refractivity contribution in [3.63, 3.8) is 0 Å². The van der Waals surface area contributed by atoms with Crippen molar-refractivity contribution in [3.8, 4) is 5.75 Å². The van der Waals surface area contributed by atoms with E-state index in [0.717, 1.165) is 22.5 Å². The van der Waals surface area contributed by atoms with E-state index in [1.54, 1.807) is 30.0 Å². The number of amides is 1. The van der Waals surface area contributed by atoms with Crippen molar-refractivity contribution in [1.29, 1.82) is 0 Å². The SMILES string of the molecule is CCOc1cc(C)[nH]c(=O)c1CNC(=O)c1cc(Cc2ccco2)cc2c(C(C)C)ncn12. The van der Waals surface area contributed by atoms with Crippen molar-refractivity contribution in [2.24, 2.45) is 0 Å². The first-order valence-electron chi connectivity index (χ1n) is 11.0. The summed E-state index contributed by atoms with van der Waals surface area (Å²) >= 11 is 0. The van der Waals surface area contributed by atoms with Gasteiger partial charge in [0.15, 0.2) is 0 Å². The minimum absolute atomic E-state index is 0.0411. The Bertz CT molecular complexity index is 1330. The first-order valence-corrected chi connectivity index (χ1v) is 11.0. The number of hydrogen-bond donors (Lipinski definition) is 2. The molecule has 0 aliphatic heterocycles. The van der Waals surface area contributed by atoms with Crippen LogP contribution < -0.4 is 15.6 Å². The number of aryl methyl sites for hydroxylation is 1. The highest BCUT2D eigenvalue weighted by Gasteiger charge is 2.18. The Morgan fingerprint density at radius 1 is 1.30 bits per heavy atom. The van der Waals surface area contributed by atoms with E-state index in [2.05, 4.69) is 29.1 Å². The second kappa shape index (κ2) is 9.36. The van der Waals surface area contributed by atoms with Crippen LogP contribution in [-0.4, -0.2) is 26.9 Å². The highest BCUT2D eigenvalue weighted by molar-refractivity contribution is 5.93. The van der Waals surface area contributed by atoms with Crippen LogP contribution in [0.4, 0.5) is 0 Å². The number of carbonyl (C=O) groups excluding carboxylic acids is 1. The maximum atomic E-state index is 13.3. The molecule has 4 rings (SSSR count). The molecule has 0 unspecified atom stereocenters. The standard InChI is InChI=1S/C25H28N4O4/c1-5-32-22-9-16(4)28-24(30)19(22)13-26-25(31)21-12-17(10-18-7-6-8-33-18)11-20-23(15(2)3)27-14-29(20)21/h6-9,11-12,14-15H,5,10,13H2,1-4H3,(H,26,31)(H,28,30). The molecule has 0 saturated heterocycles. The third-order valence-electron chi connectivity index (χ3n) is 5.43. The molecule has 172 valence electrons. The van der Waals surface area contributed by atoms with Gasteiger partial charge >= 0.3 is 0 Å². The van der Waals surface area contributed by atoms with E-state index < -0.39 is 0 Å². The van der Waals surface area contributed by atoms with Gasteiger partial charge in [0.05, 0.1) is 36.2 Å². The molecule has 0 fully saturated rings. The zero-order chi connectivity index (χ0) is 23.5. The van der Waals surface area contributed by atoms with Crippen LogP contribution >= 0.6 is 0 Å². The highest BCUT2D eigenvalue weighted by atomic mass is 16.5. The molecule has 4 heterocycles. The second-order valence-electron chi connectivity index (χ2n) is 8.28. The molecular formula is C25H28N4O4. The van der Waals surface area contributed by atoms with Crippen LogP contribution in [0.5, 0.6) is 5.75 Å². The molecule has 0 aliphatic carbocycles. The van der Waals surface area contributed by atoms with Crippen molar-refractivity contribution in [2.45, 2.75) is 46.6 Å². The van der Waals surface area contributed by atoms with Gasteiger partial charge in [-0.3, -0.25) is 14.0 Å². The van der Waals surface area contributed by atoms with E-state index in [9.17, 15) is 9.59 Å². The van der Waals surface area contributed by atoms with Crippen molar-refractivity contribution in [3.05, 3.63) is 87.2 Å². The summed E-state index contributed by atoms with van der Waals surface area (Å²) in [5.74, 6) is 1.17. The fourth-order valence-corrected chi connectivity index (χ4v) is 3.90. The molecule has 8 nitrogen and oxygen atoms in total. The second-order valence-corrected chi connectivity index (χ2v) is 8.28. The molecule has 4 aromatic heterocycles. The van der Waals surface area contributed by atoms with Crippen LogP contribution in [0.25, 0.3) is 5.52 Å². The number of imidazole rings is 1. The third-order valence-corrected chi connectivity index (χ3v) is 5.43. The molecule has 0 aliphatic rings. The molecule has 2 N–H and O–H groups in total. The van der Waals surface area contributed by atoms with Gasteiger partial charge in [0.2, 0.25) is 0 Å². The first-order chi connectivity index (χ1) is 15.9. The quantitative estimate of drug-likeness (QED) is 0.425. The number of nitrogens with one attached hydrogen (secondary N) is 2. The lowest BCUT2D eigenvalue weighted by Gasteiger charge is -2.13. The van der Waals surface area contributed by atoms with Gasteiger partial charge in [0.1, 0.15) is 23.5 Å². The Labute approximate surface area is 191 Å². The average Bonchev–Trinajstić information content (AvgIpc) is 3.42. The van der Waals surface area contributed by atoms with Crippen molar-refractivity contribution in [1.82, 2.24) is 19.7 Å². The summed E-state index contributed by atoms with van der Waals surface area (Å²) in [5.41, 5.74) is 3.97. The van der Waals surface area contributed by atoms with Crippen molar-refractivity contribution in [2.75, 3.05) is 6.61 Å². The number of H-pyrrole nitrogens is 1. The van der Waals surface area contributed by atoms with E-state index in [1.165, 1.54) is 0 Å². The third kappa shape index (κ3) is 4.69. The molecule has 4 aromatic rings. The molecule has 0 bridgehead atoms.